The Hall–Kier alpha value is -1.16. The van der Waals surface area contributed by atoms with E-state index in [1.807, 2.05) is 0 Å². The lowest BCUT2D eigenvalue weighted by Crippen LogP contribution is -2.39. The number of ether oxygens (including phenoxy) is 2. The number of rotatable bonds is 2. The molecule has 2 rings (SSSR count). The van der Waals surface area contributed by atoms with Gasteiger partial charge in [-0.15, -0.1) is 0 Å². The molecule has 2 aliphatic rings. The van der Waals surface area contributed by atoms with Crippen LogP contribution in [0.2, 0.25) is 0 Å². The molecule has 1 fully saturated rings. The Morgan fingerprint density at radius 3 is 2.71 bits per heavy atom. The first-order valence-corrected chi connectivity index (χ1v) is 6.21. The Bertz CT molecular complexity index is 328. The van der Waals surface area contributed by atoms with Crippen LogP contribution in [0.4, 0.5) is 0 Å². The quantitative estimate of drug-likeness (QED) is 0.690. The van der Waals surface area contributed by atoms with E-state index >= 15 is 0 Å². The van der Waals surface area contributed by atoms with Crippen LogP contribution in [0.3, 0.4) is 0 Å². The standard InChI is InChI=1S/C13H18O4/c1-9(14)16-12-8-7-11(15)13(17-12)10-5-3-2-4-6-10/h7-8,10,12-13H,2-6H2,1H3. The molecule has 0 bridgehead atoms. The average Bonchev–Trinajstić information content (AvgIpc) is 2.32. The molecule has 1 saturated carbocycles. The molecule has 0 saturated heterocycles. The highest BCUT2D eigenvalue weighted by molar-refractivity contribution is 5.94. The summed E-state index contributed by atoms with van der Waals surface area (Å²) >= 11 is 0. The Morgan fingerprint density at radius 1 is 1.35 bits per heavy atom. The highest BCUT2D eigenvalue weighted by Crippen LogP contribution is 2.30. The van der Waals surface area contributed by atoms with Crippen LogP contribution in [0.1, 0.15) is 39.0 Å². The summed E-state index contributed by atoms with van der Waals surface area (Å²) < 4.78 is 10.5. The van der Waals surface area contributed by atoms with Crippen LogP contribution in [0, 0.1) is 5.92 Å². The maximum atomic E-state index is 11.8. The van der Waals surface area contributed by atoms with Gasteiger partial charge in [0.05, 0.1) is 0 Å². The molecule has 0 N–H and O–H groups in total. The predicted molar refractivity (Wildman–Crippen MR) is 61.1 cm³/mol. The monoisotopic (exact) mass is 238 g/mol. The van der Waals surface area contributed by atoms with Gasteiger partial charge in [0.1, 0.15) is 6.10 Å². The first-order valence-electron chi connectivity index (χ1n) is 6.21. The molecular weight excluding hydrogens is 220 g/mol. The van der Waals surface area contributed by atoms with Crippen LogP contribution in [0.5, 0.6) is 0 Å². The van der Waals surface area contributed by atoms with E-state index in [0.29, 0.717) is 0 Å². The van der Waals surface area contributed by atoms with Gasteiger partial charge in [-0.2, -0.15) is 0 Å². The highest BCUT2D eigenvalue weighted by atomic mass is 16.7. The van der Waals surface area contributed by atoms with Crippen LogP contribution in [0.25, 0.3) is 0 Å². The highest BCUT2D eigenvalue weighted by Gasteiger charge is 2.34. The van der Waals surface area contributed by atoms with Crippen LogP contribution in [-0.4, -0.2) is 24.1 Å². The third-order valence-electron chi connectivity index (χ3n) is 3.34. The molecule has 2 atom stereocenters. The summed E-state index contributed by atoms with van der Waals surface area (Å²) in [7, 11) is 0. The van der Waals surface area contributed by atoms with Gasteiger partial charge in [0.2, 0.25) is 6.29 Å². The maximum Gasteiger partial charge on any atom is 0.305 e. The van der Waals surface area contributed by atoms with Crippen molar-refractivity contribution in [3.63, 3.8) is 0 Å². The van der Waals surface area contributed by atoms with Gasteiger partial charge in [0.15, 0.2) is 5.78 Å². The summed E-state index contributed by atoms with van der Waals surface area (Å²) in [5.74, 6) is -0.115. The molecule has 1 aliphatic carbocycles. The van der Waals surface area contributed by atoms with Crippen molar-refractivity contribution in [1.82, 2.24) is 0 Å². The number of esters is 1. The Labute approximate surface area is 101 Å². The molecule has 0 radical (unpaired) electrons. The number of hydrogen-bond donors (Lipinski definition) is 0. The van der Waals surface area contributed by atoms with E-state index in [0.717, 1.165) is 25.7 Å². The summed E-state index contributed by atoms with van der Waals surface area (Å²) in [6, 6.07) is 0. The van der Waals surface area contributed by atoms with E-state index in [4.69, 9.17) is 9.47 Å². The van der Waals surface area contributed by atoms with E-state index in [1.165, 1.54) is 25.5 Å². The summed E-state index contributed by atoms with van der Waals surface area (Å²) in [6.07, 6.45) is 7.45. The van der Waals surface area contributed by atoms with Crippen molar-refractivity contribution in [3.05, 3.63) is 12.2 Å². The largest absolute Gasteiger partial charge is 0.432 e. The van der Waals surface area contributed by atoms with E-state index in [2.05, 4.69) is 0 Å². The van der Waals surface area contributed by atoms with E-state index < -0.39 is 18.4 Å². The first-order chi connectivity index (χ1) is 8.16. The zero-order valence-electron chi connectivity index (χ0n) is 10.1. The predicted octanol–water partition coefficient (Wildman–Crippen LogP) is 1.98. The van der Waals surface area contributed by atoms with Crippen LogP contribution in [0.15, 0.2) is 12.2 Å². The van der Waals surface area contributed by atoms with Gasteiger partial charge in [0, 0.05) is 6.92 Å². The number of hydrogen-bond acceptors (Lipinski definition) is 4. The van der Waals surface area contributed by atoms with E-state index in [9.17, 15) is 9.59 Å². The zero-order chi connectivity index (χ0) is 12.3. The van der Waals surface area contributed by atoms with Gasteiger partial charge < -0.3 is 9.47 Å². The fourth-order valence-electron chi connectivity index (χ4n) is 2.54. The average molecular weight is 238 g/mol. The minimum absolute atomic E-state index is 0.000280. The molecule has 17 heavy (non-hydrogen) atoms. The molecule has 0 aromatic heterocycles. The van der Waals surface area contributed by atoms with Gasteiger partial charge >= 0.3 is 5.97 Å². The second-order valence-electron chi connectivity index (χ2n) is 4.69. The first kappa shape index (κ1) is 12.3. The minimum atomic E-state index is -0.697. The smallest absolute Gasteiger partial charge is 0.305 e. The molecule has 1 heterocycles. The Balaban J connectivity index is 1.99. The maximum absolute atomic E-state index is 11.8. The van der Waals surface area contributed by atoms with Crippen molar-refractivity contribution in [3.8, 4) is 0 Å². The molecule has 4 nitrogen and oxygen atoms in total. The van der Waals surface area contributed by atoms with Gasteiger partial charge in [-0.1, -0.05) is 19.3 Å². The molecule has 0 aromatic carbocycles. The number of carbonyl (C=O) groups is 2. The van der Waals surface area contributed by atoms with Gasteiger partial charge in [0.25, 0.3) is 0 Å². The molecular formula is C13H18O4. The number of carbonyl (C=O) groups excluding carboxylic acids is 2. The van der Waals surface area contributed by atoms with Crippen LogP contribution >= 0.6 is 0 Å². The Morgan fingerprint density at radius 2 is 2.06 bits per heavy atom. The van der Waals surface area contributed by atoms with Crippen molar-refractivity contribution in [1.29, 1.82) is 0 Å². The molecule has 1 aliphatic heterocycles. The fourth-order valence-corrected chi connectivity index (χ4v) is 2.54. The van der Waals surface area contributed by atoms with Gasteiger partial charge in [-0.25, -0.2) is 0 Å². The third kappa shape index (κ3) is 3.16. The SMILES string of the molecule is CC(=O)OC1C=CC(=O)C(C2CCCCC2)O1. The second kappa shape index (κ2) is 5.45. The number of ketones is 1. The fraction of sp³-hybridized carbons (Fsp3) is 0.692. The molecule has 0 aromatic rings. The van der Waals surface area contributed by atoms with Crippen molar-refractivity contribution in [2.45, 2.75) is 51.4 Å². The molecule has 0 amide bonds. The van der Waals surface area contributed by atoms with Crippen molar-refractivity contribution in [2.75, 3.05) is 0 Å². The van der Waals surface area contributed by atoms with Crippen molar-refractivity contribution < 1.29 is 19.1 Å². The zero-order valence-corrected chi connectivity index (χ0v) is 10.1. The normalized spacial score (nSPS) is 30.3. The van der Waals surface area contributed by atoms with E-state index in [-0.39, 0.29) is 11.7 Å². The lowest BCUT2D eigenvalue weighted by Gasteiger charge is -2.32. The van der Waals surface area contributed by atoms with Gasteiger partial charge in [-0.05, 0) is 30.9 Å². The summed E-state index contributed by atoms with van der Waals surface area (Å²) in [6.45, 7) is 1.34. The van der Waals surface area contributed by atoms with Crippen LogP contribution in [-0.2, 0) is 19.1 Å². The summed E-state index contributed by atoms with van der Waals surface area (Å²) in [5.41, 5.74) is 0. The molecule has 0 spiro atoms. The lowest BCUT2D eigenvalue weighted by molar-refractivity contribution is -0.186. The minimum Gasteiger partial charge on any atom is -0.432 e. The Kier molecular flexibility index (Phi) is 3.94. The third-order valence-corrected chi connectivity index (χ3v) is 3.34. The van der Waals surface area contributed by atoms with E-state index in [1.54, 1.807) is 0 Å². The van der Waals surface area contributed by atoms with Crippen molar-refractivity contribution in [2.24, 2.45) is 5.92 Å². The van der Waals surface area contributed by atoms with Gasteiger partial charge in [-0.3, -0.25) is 9.59 Å². The second-order valence-corrected chi connectivity index (χ2v) is 4.69. The topological polar surface area (TPSA) is 52.6 Å². The molecule has 2 unspecified atom stereocenters. The lowest BCUT2D eigenvalue weighted by atomic mass is 9.83. The summed E-state index contributed by atoms with van der Waals surface area (Å²) in [4.78, 5) is 22.6. The molecule has 94 valence electrons. The van der Waals surface area contributed by atoms with Crippen molar-refractivity contribution >= 4 is 11.8 Å². The summed E-state index contributed by atoms with van der Waals surface area (Å²) in [5, 5.41) is 0. The molecule has 4 heteroatoms. The van der Waals surface area contributed by atoms with Crippen LogP contribution < -0.4 is 0 Å².